The van der Waals surface area contributed by atoms with Crippen LogP contribution in [0.1, 0.15) is 56.8 Å². The first-order valence-electron chi connectivity index (χ1n) is 7.33. The molecule has 1 heterocycles. The summed E-state index contributed by atoms with van der Waals surface area (Å²) in [5, 5.41) is 14.0. The van der Waals surface area contributed by atoms with Crippen molar-refractivity contribution < 1.29 is 14.4 Å². The highest BCUT2D eigenvalue weighted by Gasteiger charge is 2.30. The van der Waals surface area contributed by atoms with E-state index in [-0.39, 0.29) is 19.1 Å². The van der Waals surface area contributed by atoms with Gasteiger partial charge in [0.15, 0.2) is 0 Å². The average molecular weight is 283 g/mol. The van der Waals surface area contributed by atoms with Gasteiger partial charge in [-0.3, -0.25) is 0 Å². The van der Waals surface area contributed by atoms with Crippen LogP contribution in [-0.2, 0) is 11.2 Å². The van der Waals surface area contributed by atoms with E-state index in [4.69, 9.17) is 15.0 Å². The molecule has 6 heteroatoms. The number of hydrogen-bond acceptors (Lipinski definition) is 6. The van der Waals surface area contributed by atoms with Gasteiger partial charge in [0.2, 0.25) is 11.7 Å². The minimum absolute atomic E-state index is 0.115. The molecule has 6 nitrogen and oxygen atoms in total. The van der Waals surface area contributed by atoms with Crippen molar-refractivity contribution in [2.45, 2.75) is 57.2 Å². The number of aromatic nitrogens is 2. The van der Waals surface area contributed by atoms with Gasteiger partial charge in [0.25, 0.3) is 0 Å². The van der Waals surface area contributed by atoms with Crippen LogP contribution in [0.3, 0.4) is 0 Å². The number of rotatable bonds is 6. The lowest BCUT2D eigenvalue weighted by molar-refractivity contribution is 0.0273. The van der Waals surface area contributed by atoms with Crippen molar-refractivity contribution in [2.75, 3.05) is 13.7 Å². The Labute approximate surface area is 119 Å². The van der Waals surface area contributed by atoms with Gasteiger partial charge >= 0.3 is 0 Å². The molecule has 1 aliphatic rings. The zero-order valence-electron chi connectivity index (χ0n) is 12.3. The summed E-state index contributed by atoms with van der Waals surface area (Å²) < 4.78 is 10.8. The number of nitrogens with two attached hydrogens (primary N) is 1. The Balaban J connectivity index is 2.05. The molecule has 1 aromatic heterocycles. The Morgan fingerprint density at radius 2 is 2.15 bits per heavy atom. The van der Waals surface area contributed by atoms with Gasteiger partial charge in [0, 0.05) is 13.7 Å². The zero-order chi connectivity index (χ0) is 14.6. The Morgan fingerprint density at radius 1 is 1.45 bits per heavy atom. The van der Waals surface area contributed by atoms with Crippen molar-refractivity contribution in [3.8, 4) is 0 Å². The maximum absolute atomic E-state index is 9.95. The second-order valence-corrected chi connectivity index (χ2v) is 5.98. The fraction of sp³-hybridized carbons (Fsp3) is 0.857. The minimum atomic E-state index is -1.02. The maximum atomic E-state index is 9.95. The maximum Gasteiger partial charge on any atom is 0.229 e. The molecule has 2 rings (SSSR count). The van der Waals surface area contributed by atoms with Gasteiger partial charge in [-0.2, -0.15) is 4.98 Å². The number of ether oxygens (including phenoxy) is 1. The highest BCUT2D eigenvalue weighted by Crippen LogP contribution is 2.35. The highest BCUT2D eigenvalue weighted by molar-refractivity contribution is 4.97. The Hall–Kier alpha value is -0.980. The topological polar surface area (TPSA) is 94.4 Å². The van der Waals surface area contributed by atoms with Crippen LogP contribution in [-0.4, -0.2) is 34.5 Å². The predicted octanol–water partition coefficient (Wildman–Crippen LogP) is 1.59. The van der Waals surface area contributed by atoms with E-state index < -0.39 is 5.60 Å². The number of methoxy groups -OCH3 is 1. The Kier molecular flexibility index (Phi) is 5.12. The highest BCUT2D eigenvalue weighted by atomic mass is 16.5. The second kappa shape index (κ2) is 6.65. The summed E-state index contributed by atoms with van der Waals surface area (Å²) >= 11 is 0. The van der Waals surface area contributed by atoms with E-state index in [1.54, 1.807) is 14.0 Å². The summed E-state index contributed by atoms with van der Waals surface area (Å²) in [6.45, 7) is 1.81. The smallest absolute Gasteiger partial charge is 0.229 e. The molecule has 20 heavy (non-hydrogen) atoms. The molecule has 0 saturated heterocycles. The number of aliphatic hydroxyl groups is 1. The normalized spacial score (nSPS) is 21.6. The molecule has 114 valence electrons. The zero-order valence-corrected chi connectivity index (χ0v) is 12.3. The third-order valence-electron chi connectivity index (χ3n) is 4.04. The molecule has 0 radical (unpaired) electrons. The summed E-state index contributed by atoms with van der Waals surface area (Å²) in [5.41, 5.74) is 4.48. The van der Waals surface area contributed by atoms with Crippen molar-refractivity contribution in [3.05, 3.63) is 11.7 Å². The van der Waals surface area contributed by atoms with Crippen molar-refractivity contribution in [3.63, 3.8) is 0 Å². The van der Waals surface area contributed by atoms with E-state index >= 15 is 0 Å². The first-order valence-corrected chi connectivity index (χ1v) is 7.33. The van der Waals surface area contributed by atoms with Crippen LogP contribution in [0.15, 0.2) is 4.52 Å². The van der Waals surface area contributed by atoms with E-state index in [0.29, 0.717) is 17.6 Å². The van der Waals surface area contributed by atoms with Gasteiger partial charge in [0.05, 0.1) is 12.0 Å². The fourth-order valence-corrected chi connectivity index (χ4v) is 2.80. The van der Waals surface area contributed by atoms with Gasteiger partial charge in [-0.25, -0.2) is 0 Å². The van der Waals surface area contributed by atoms with E-state index in [1.165, 1.54) is 19.3 Å². The van der Waals surface area contributed by atoms with Crippen LogP contribution < -0.4 is 5.73 Å². The summed E-state index contributed by atoms with van der Waals surface area (Å²) in [7, 11) is 1.69. The van der Waals surface area contributed by atoms with Crippen LogP contribution in [0.2, 0.25) is 0 Å². The van der Waals surface area contributed by atoms with E-state index in [1.807, 2.05) is 0 Å². The molecule has 2 atom stereocenters. The molecule has 1 fully saturated rings. The van der Waals surface area contributed by atoms with Crippen LogP contribution in [0, 0.1) is 5.92 Å². The quantitative estimate of drug-likeness (QED) is 0.823. The molecule has 0 aromatic carbocycles. The first kappa shape index (κ1) is 15.4. The summed E-state index contributed by atoms with van der Waals surface area (Å²) in [5.74, 6) is 1.45. The molecular weight excluding hydrogens is 258 g/mol. The second-order valence-electron chi connectivity index (χ2n) is 5.98. The SMILES string of the molecule is COC(c1noc(CC(C)(O)CN)n1)C1CCCCC1. The third-order valence-corrected chi connectivity index (χ3v) is 4.04. The van der Waals surface area contributed by atoms with E-state index in [2.05, 4.69) is 10.1 Å². The molecule has 1 aromatic rings. The fourth-order valence-electron chi connectivity index (χ4n) is 2.80. The standard InChI is InChI=1S/C14H25N3O3/c1-14(18,9-15)8-11-16-13(17-20-11)12(19-2)10-6-4-3-5-7-10/h10,12,18H,3-9,15H2,1-2H3. The molecule has 0 aliphatic heterocycles. The number of nitrogens with zero attached hydrogens (tertiary/aromatic N) is 2. The van der Waals surface area contributed by atoms with Gasteiger partial charge < -0.3 is 20.1 Å². The van der Waals surface area contributed by atoms with E-state index in [0.717, 1.165) is 12.8 Å². The number of hydrogen-bond donors (Lipinski definition) is 2. The van der Waals surface area contributed by atoms with Gasteiger partial charge in [-0.1, -0.05) is 24.4 Å². The lowest BCUT2D eigenvalue weighted by atomic mass is 9.85. The largest absolute Gasteiger partial charge is 0.388 e. The van der Waals surface area contributed by atoms with Gasteiger partial charge in [-0.05, 0) is 25.7 Å². The van der Waals surface area contributed by atoms with Crippen molar-refractivity contribution in [1.82, 2.24) is 10.1 Å². The van der Waals surface area contributed by atoms with Crippen molar-refractivity contribution in [1.29, 1.82) is 0 Å². The van der Waals surface area contributed by atoms with Crippen molar-refractivity contribution >= 4 is 0 Å². The van der Waals surface area contributed by atoms with Crippen LogP contribution in [0.4, 0.5) is 0 Å². The lowest BCUT2D eigenvalue weighted by Gasteiger charge is -2.26. The van der Waals surface area contributed by atoms with Gasteiger partial charge in [0.1, 0.15) is 6.10 Å². The van der Waals surface area contributed by atoms with Crippen LogP contribution in [0.5, 0.6) is 0 Å². The molecule has 0 bridgehead atoms. The molecule has 2 unspecified atom stereocenters. The minimum Gasteiger partial charge on any atom is -0.388 e. The first-order chi connectivity index (χ1) is 9.55. The summed E-state index contributed by atoms with van der Waals surface area (Å²) in [6.07, 6.45) is 6.19. The molecular formula is C14H25N3O3. The van der Waals surface area contributed by atoms with Crippen LogP contribution in [0.25, 0.3) is 0 Å². The van der Waals surface area contributed by atoms with Crippen LogP contribution >= 0.6 is 0 Å². The molecule has 1 aliphatic carbocycles. The Morgan fingerprint density at radius 3 is 2.75 bits per heavy atom. The third kappa shape index (κ3) is 3.77. The van der Waals surface area contributed by atoms with Crippen molar-refractivity contribution in [2.24, 2.45) is 11.7 Å². The monoisotopic (exact) mass is 283 g/mol. The average Bonchev–Trinajstić information content (AvgIpc) is 2.88. The predicted molar refractivity (Wildman–Crippen MR) is 74.0 cm³/mol. The molecule has 1 saturated carbocycles. The van der Waals surface area contributed by atoms with E-state index in [9.17, 15) is 5.11 Å². The Bertz CT molecular complexity index is 414. The summed E-state index contributed by atoms with van der Waals surface area (Å²) in [6, 6.07) is 0. The summed E-state index contributed by atoms with van der Waals surface area (Å²) in [4.78, 5) is 4.37. The molecule has 3 N–H and O–H groups in total. The van der Waals surface area contributed by atoms with Gasteiger partial charge in [-0.15, -0.1) is 0 Å². The molecule has 0 spiro atoms. The molecule has 0 amide bonds. The lowest BCUT2D eigenvalue weighted by Crippen LogP contribution is -2.36.